The second-order valence-corrected chi connectivity index (χ2v) is 12.8. The third-order valence-electron chi connectivity index (χ3n) is 9.68. The zero-order chi connectivity index (χ0) is 34.1. The number of amides is 3. The molecule has 11 heteroatoms. The number of unbranched alkanes of at least 4 members (excludes halogenated alkanes) is 2. The summed E-state index contributed by atoms with van der Waals surface area (Å²) in [7, 11) is 1.50. The number of ether oxygens (including phenoxy) is 3. The van der Waals surface area contributed by atoms with E-state index in [1.165, 1.54) is 12.0 Å². The van der Waals surface area contributed by atoms with Crippen LogP contribution in [0.3, 0.4) is 0 Å². The number of hydrogen-bond donors (Lipinski definition) is 2. The van der Waals surface area contributed by atoms with Gasteiger partial charge in [-0.2, -0.15) is 0 Å². The number of nitrogens with one attached hydrogen (secondary N) is 1. The van der Waals surface area contributed by atoms with Gasteiger partial charge in [-0.15, -0.1) is 13.2 Å². The van der Waals surface area contributed by atoms with E-state index in [1.807, 2.05) is 30.3 Å². The maximum atomic E-state index is 14.4. The highest BCUT2D eigenvalue weighted by atomic mass is 16.6. The highest BCUT2D eigenvalue weighted by Gasteiger charge is 2.75. The zero-order valence-corrected chi connectivity index (χ0v) is 28.0. The van der Waals surface area contributed by atoms with E-state index in [2.05, 4.69) is 25.4 Å². The maximum Gasteiger partial charge on any atom is 0.313 e. The van der Waals surface area contributed by atoms with Crippen LogP contribution < -0.4 is 5.32 Å². The highest BCUT2D eigenvalue weighted by Crippen LogP contribution is 2.59. The van der Waals surface area contributed by atoms with Crippen molar-refractivity contribution in [2.45, 2.75) is 94.7 Å². The summed E-state index contributed by atoms with van der Waals surface area (Å²) in [5.74, 6) is -3.48. The lowest BCUT2D eigenvalue weighted by atomic mass is 9.70. The molecule has 3 amide bonds. The number of esters is 1. The Labute approximate surface area is 278 Å². The number of allylic oxidation sites excluding steroid dienone is 1. The summed E-state index contributed by atoms with van der Waals surface area (Å²) in [5, 5.41) is 13.1. The van der Waals surface area contributed by atoms with Gasteiger partial charge in [0.05, 0.1) is 43.2 Å². The normalized spacial score (nSPS) is 26.3. The summed E-state index contributed by atoms with van der Waals surface area (Å²) in [6.45, 7) is 11.8. The van der Waals surface area contributed by atoms with Gasteiger partial charge in [-0.3, -0.25) is 19.2 Å². The molecule has 0 aliphatic carbocycles. The highest BCUT2D eigenvalue weighted by molar-refractivity contribution is 5.98. The first-order valence-electron chi connectivity index (χ1n) is 16.8. The molecule has 0 saturated carbocycles. The lowest BCUT2D eigenvalue weighted by Crippen LogP contribution is -2.58. The molecule has 8 atom stereocenters. The van der Waals surface area contributed by atoms with Gasteiger partial charge < -0.3 is 34.4 Å². The predicted molar refractivity (Wildman–Crippen MR) is 176 cm³/mol. The van der Waals surface area contributed by atoms with Crippen molar-refractivity contribution in [3.05, 3.63) is 61.2 Å². The number of fused-ring (bicyclic) bond motifs is 1. The lowest BCUT2D eigenvalue weighted by Gasteiger charge is -2.38. The summed E-state index contributed by atoms with van der Waals surface area (Å²) in [6, 6.07) is 6.70. The third kappa shape index (κ3) is 7.47. The quantitative estimate of drug-likeness (QED) is 0.132. The zero-order valence-electron chi connectivity index (χ0n) is 28.0. The van der Waals surface area contributed by atoms with Gasteiger partial charge in [0.1, 0.15) is 17.7 Å². The Morgan fingerprint density at radius 2 is 1.96 bits per heavy atom. The van der Waals surface area contributed by atoms with E-state index in [4.69, 9.17) is 14.2 Å². The van der Waals surface area contributed by atoms with E-state index in [0.717, 1.165) is 19.3 Å². The van der Waals surface area contributed by atoms with Crippen molar-refractivity contribution in [3.8, 4) is 0 Å². The number of benzene rings is 1. The number of aliphatic hydroxyl groups excluding tert-OH is 1. The van der Waals surface area contributed by atoms with Crippen molar-refractivity contribution in [1.82, 2.24) is 15.1 Å². The van der Waals surface area contributed by atoms with Gasteiger partial charge >= 0.3 is 5.97 Å². The van der Waals surface area contributed by atoms with Crippen LogP contribution in [0.25, 0.3) is 0 Å². The Bertz CT molecular complexity index is 1270. The number of aliphatic hydroxyl groups is 1. The van der Waals surface area contributed by atoms with Gasteiger partial charge in [-0.1, -0.05) is 62.2 Å². The average molecular weight is 654 g/mol. The molecule has 3 aliphatic rings. The van der Waals surface area contributed by atoms with Crippen LogP contribution >= 0.6 is 0 Å². The van der Waals surface area contributed by atoms with E-state index in [0.29, 0.717) is 37.9 Å². The Hall–Kier alpha value is -3.54. The van der Waals surface area contributed by atoms with Gasteiger partial charge in [0, 0.05) is 26.6 Å². The maximum absolute atomic E-state index is 14.4. The molecule has 0 aromatic heterocycles. The van der Waals surface area contributed by atoms with Crippen molar-refractivity contribution in [1.29, 1.82) is 0 Å². The van der Waals surface area contributed by atoms with Gasteiger partial charge in [0.2, 0.25) is 17.7 Å². The van der Waals surface area contributed by atoms with Crippen molar-refractivity contribution in [2.75, 3.05) is 33.4 Å². The van der Waals surface area contributed by atoms with Crippen molar-refractivity contribution >= 4 is 23.7 Å². The monoisotopic (exact) mass is 653 g/mol. The molecule has 0 unspecified atom stereocenters. The van der Waals surface area contributed by atoms with Crippen LogP contribution in [-0.2, 0) is 33.4 Å². The molecule has 2 N–H and O–H groups in total. The second-order valence-electron chi connectivity index (χ2n) is 12.8. The van der Waals surface area contributed by atoms with E-state index in [-0.39, 0.29) is 31.4 Å². The van der Waals surface area contributed by atoms with Crippen LogP contribution in [0, 0.1) is 11.8 Å². The van der Waals surface area contributed by atoms with E-state index >= 15 is 0 Å². The standard InChI is InChI=1S/C36H51N3O8/c1-6-9-14-21-38(20-8-3)34(43)32-36-19-18-27(47-36)29(30(36)33(42)39(32)24(4)22-40)35(44)46-31(25-15-12-11-13-16-25)26(23-45-5)37-28(41)17-10-7-2/h7-8,11-13,15-16,24,26-27,29-32,40H,2-3,6,9-10,14,17-23H2,1,4-5H3,(H,37,41)/t24-,26+,27+,29-,30-,31+,32+,36-/m1/s1. The van der Waals surface area contributed by atoms with Crippen LogP contribution in [0.5, 0.6) is 0 Å². The molecule has 3 saturated heterocycles. The molecule has 2 bridgehead atoms. The molecule has 0 radical (unpaired) electrons. The molecule has 4 rings (SSSR count). The van der Waals surface area contributed by atoms with Crippen LogP contribution in [-0.4, -0.2) is 102 Å². The molecular formula is C36H51N3O8. The number of methoxy groups -OCH3 is 1. The summed E-state index contributed by atoms with van der Waals surface area (Å²) in [4.78, 5) is 58.9. The summed E-state index contributed by atoms with van der Waals surface area (Å²) >= 11 is 0. The number of carbonyl (C=O) groups excluding carboxylic acids is 4. The molecule has 3 fully saturated rings. The molecular weight excluding hydrogens is 602 g/mol. The first-order chi connectivity index (χ1) is 22.7. The van der Waals surface area contributed by atoms with E-state index < -0.39 is 59.6 Å². The number of rotatable bonds is 19. The molecule has 3 heterocycles. The Kier molecular flexibility index (Phi) is 12.8. The van der Waals surface area contributed by atoms with Gasteiger partial charge in [0.25, 0.3) is 0 Å². The minimum absolute atomic E-state index is 0.0686. The average Bonchev–Trinajstić information content (AvgIpc) is 3.72. The van der Waals surface area contributed by atoms with E-state index in [1.54, 1.807) is 24.0 Å². The van der Waals surface area contributed by atoms with Crippen molar-refractivity contribution in [3.63, 3.8) is 0 Å². The molecule has 11 nitrogen and oxygen atoms in total. The molecule has 47 heavy (non-hydrogen) atoms. The summed E-state index contributed by atoms with van der Waals surface area (Å²) in [5.41, 5.74) is -0.581. The number of hydrogen-bond acceptors (Lipinski definition) is 8. The van der Waals surface area contributed by atoms with Gasteiger partial charge in [-0.25, -0.2) is 0 Å². The summed E-state index contributed by atoms with van der Waals surface area (Å²) < 4.78 is 18.3. The largest absolute Gasteiger partial charge is 0.455 e. The van der Waals surface area contributed by atoms with Crippen LogP contribution in [0.15, 0.2) is 55.6 Å². The number of nitrogens with zero attached hydrogens (tertiary/aromatic N) is 2. The van der Waals surface area contributed by atoms with Crippen molar-refractivity contribution < 1.29 is 38.5 Å². The fourth-order valence-corrected chi connectivity index (χ4v) is 7.50. The summed E-state index contributed by atoms with van der Waals surface area (Å²) in [6.07, 6.45) is 6.11. The fourth-order valence-electron chi connectivity index (χ4n) is 7.50. The minimum atomic E-state index is -1.23. The molecule has 258 valence electrons. The first kappa shape index (κ1) is 36.3. The van der Waals surface area contributed by atoms with Crippen LogP contribution in [0.4, 0.5) is 0 Å². The van der Waals surface area contributed by atoms with E-state index in [9.17, 15) is 24.3 Å². The lowest BCUT2D eigenvalue weighted by molar-refractivity contribution is -0.163. The van der Waals surface area contributed by atoms with Gasteiger partial charge in [0.15, 0.2) is 0 Å². The predicted octanol–water partition coefficient (Wildman–Crippen LogP) is 3.33. The number of likely N-dealkylation sites (tertiary alicyclic amines) is 1. The smallest absolute Gasteiger partial charge is 0.313 e. The second kappa shape index (κ2) is 16.5. The SMILES string of the molecule is C=CCCC(=O)N[C@@H](COC)[C@@H](OC(=O)[C@@H]1[C@@H]2CC[C@]3(O2)[C@H](C(=O)N(CC=C)CCCCC)N([C@H](C)CO)C(=O)[C@@H]13)c1ccccc1. The Morgan fingerprint density at radius 1 is 1.21 bits per heavy atom. The van der Waals surface area contributed by atoms with Crippen LogP contribution in [0.2, 0.25) is 0 Å². The number of carbonyl (C=O) groups is 4. The fraction of sp³-hybridized carbons (Fsp3) is 0.611. The molecule has 1 spiro atoms. The van der Waals surface area contributed by atoms with Crippen LogP contribution in [0.1, 0.15) is 70.5 Å². The minimum Gasteiger partial charge on any atom is -0.455 e. The molecule has 1 aromatic carbocycles. The molecule has 3 aliphatic heterocycles. The third-order valence-corrected chi connectivity index (χ3v) is 9.68. The van der Waals surface area contributed by atoms with Gasteiger partial charge in [-0.05, 0) is 38.2 Å². The topological polar surface area (TPSA) is 135 Å². The first-order valence-corrected chi connectivity index (χ1v) is 16.8. The molecule has 1 aromatic rings. The Morgan fingerprint density at radius 3 is 2.60 bits per heavy atom. The Balaban J connectivity index is 1.68. The van der Waals surface area contributed by atoms with Crippen molar-refractivity contribution in [2.24, 2.45) is 11.8 Å².